The van der Waals surface area contributed by atoms with Crippen molar-refractivity contribution in [1.82, 2.24) is 0 Å². The van der Waals surface area contributed by atoms with Crippen molar-refractivity contribution in [3.63, 3.8) is 0 Å². The molecule has 0 aromatic rings. The third kappa shape index (κ3) is 24.4. The number of rotatable bonds is 10. The molecular weight excluding hydrogens is 400 g/mol. The van der Waals surface area contributed by atoms with Gasteiger partial charge >= 0.3 is 12.3 Å². The number of carboxylic acid groups (broad SMARTS) is 4. The lowest BCUT2D eigenvalue weighted by Gasteiger charge is -2.15. The molecule has 0 radical (unpaired) electrons. The minimum Gasteiger partial charge on any atom is -0.450 e. The lowest BCUT2D eigenvalue weighted by molar-refractivity contribution is -0.253. The Labute approximate surface area is 178 Å². The van der Waals surface area contributed by atoms with Crippen molar-refractivity contribution in [2.24, 2.45) is 35.5 Å². The Hall–Kier alpha value is -1.62. The highest BCUT2D eigenvalue weighted by Gasteiger charge is 2.32. The Morgan fingerprint density at radius 1 is 0.700 bits per heavy atom. The van der Waals surface area contributed by atoms with Crippen LogP contribution in [0.15, 0.2) is 0 Å². The second-order valence-electron chi connectivity index (χ2n) is 8.61. The summed E-state index contributed by atoms with van der Waals surface area (Å²) in [6, 6.07) is 0. The van der Waals surface area contributed by atoms with Crippen LogP contribution >= 0.6 is 0 Å². The zero-order valence-electron chi connectivity index (χ0n) is 18.4. The molecule has 2 aliphatic carbocycles. The maximum atomic E-state index is 8.56. The quantitative estimate of drug-likeness (QED) is 0.187. The molecule has 0 bridgehead atoms. The Morgan fingerprint density at radius 2 is 0.933 bits per heavy atom. The van der Waals surface area contributed by atoms with Crippen LogP contribution in [0.1, 0.15) is 66.2 Å². The standard InChI is InChI=1S/2C9H18O2.2CH2O3/c2*1-7(2)5-9(6-11-10)8-3-4-8;2*2-1(3)4/h2*7-10H,3-6H2,1-2H3;2*(H2,2,3,4). The molecule has 0 aromatic heterocycles. The maximum absolute atomic E-state index is 8.56. The monoisotopic (exact) mass is 440 g/mol. The van der Waals surface area contributed by atoms with Gasteiger partial charge in [-0.2, -0.15) is 0 Å². The number of hydrogen-bond donors (Lipinski definition) is 6. The van der Waals surface area contributed by atoms with Gasteiger partial charge in [0, 0.05) is 0 Å². The van der Waals surface area contributed by atoms with Crippen LogP contribution in [0, 0.1) is 35.5 Å². The molecule has 2 rings (SSSR count). The molecular formula is C20H40O10. The van der Waals surface area contributed by atoms with E-state index in [0.29, 0.717) is 25.0 Å². The van der Waals surface area contributed by atoms with E-state index in [4.69, 9.17) is 40.5 Å². The molecule has 2 atom stereocenters. The van der Waals surface area contributed by atoms with Crippen LogP contribution in [-0.2, 0) is 9.78 Å². The molecule has 10 nitrogen and oxygen atoms in total. The first-order valence-corrected chi connectivity index (χ1v) is 10.3. The summed E-state index contributed by atoms with van der Waals surface area (Å²) in [5, 5.41) is 44.5. The summed E-state index contributed by atoms with van der Waals surface area (Å²) in [7, 11) is 0. The predicted octanol–water partition coefficient (Wildman–Crippen LogP) is 5.54. The van der Waals surface area contributed by atoms with Crippen molar-refractivity contribution in [3.8, 4) is 0 Å². The van der Waals surface area contributed by atoms with E-state index >= 15 is 0 Å². The van der Waals surface area contributed by atoms with Gasteiger partial charge in [-0.1, -0.05) is 27.7 Å². The van der Waals surface area contributed by atoms with Gasteiger partial charge in [0.1, 0.15) is 0 Å². The smallest absolute Gasteiger partial charge is 0.450 e. The topological polar surface area (TPSA) is 174 Å². The van der Waals surface area contributed by atoms with Gasteiger partial charge in [0.25, 0.3) is 0 Å². The lowest BCUT2D eigenvalue weighted by Crippen LogP contribution is -2.13. The van der Waals surface area contributed by atoms with Crippen molar-refractivity contribution in [1.29, 1.82) is 0 Å². The average molecular weight is 441 g/mol. The fraction of sp³-hybridized carbons (Fsp3) is 0.900. The molecule has 2 aliphatic rings. The lowest BCUT2D eigenvalue weighted by atomic mass is 9.94. The van der Waals surface area contributed by atoms with Crippen molar-refractivity contribution < 1.29 is 50.3 Å². The highest BCUT2D eigenvalue weighted by atomic mass is 17.1. The summed E-state index contributed by atoms with van der Waals surface area (Å²) >= 11 is 0. The van der Waals surface area contributed by atoms with Crippen molar-refractivity contribution in [2.45, 2.75) is 66.2 Å². The summed E-state index contributed by atoms with van der Waals surface area (Å²) in [6.45, 7) is 9.92. The Balaban J connectivity index is 0. The highest BCUT2D eigenvalue weighted by Crippen LogP contribution is 2.40. The van der Waals surface area contributed by atoms with Crippen LogP contribution in [-0.4, -0.2) is 56.5 Å². The first-order chi connectivity index (χ1) is 13.9. The predicted molar refractivity (Wildman–Crippen MR) is 110 cm³/mol. The Bertz CT molecular complexity index is 385. The van der Waals surface area contributed by atoms with Gasteiger partial charge in [-0.25, -0.2) is 19.4 Å². The van der Waals surface area contributed by atoms with E-state index in [0.717, 1.165) is 23.7 Å². The van der Waals surface area contributed by atoms with Gasteiger partial charge in [0.2, 0.25) is 0 Å². The van der Waals surface area contributed by atoms with E-state index in [1.807, 2.05) is 0 Å². The third-order valence-electron chi connectivity index (χ3n) is 4.70. The molecule has 0 aliphatic heterocycles. The van der Waals surface area contributed by atoms with Crippen LogP contribution in [0.25, 0.3) is 0 Å². The van der Waals surface area contributed by atoms with Gasteiger partial charge in [-0.3, -0.25) is 10.5 Å². The van der Waals surface area contributed by atoms with Gasteiger partial charge in [-0.15, -0.1) is 0 Å². The minimum atomic E-state index is -1.83. The molecule has 180 valence electrons. The highest BCUT2D eigenvalue weighted by molar-refractivity contribution is 5.53. The zero-order chi connectivity index (χ0) is 23.7. The van der Waals surface area contributed by atoms with Crippen LogP contribution < -0.4 is 0 Å². The molecule has 0 heterocycles. The second-order valence-corrected chi connectivity index (χ2v) is 8.61. The fourth-order valence-electron chi connectivity index (χ4n) is 3.33. The Kier molecular flexibility index (Phi) is 18.5. The molecule has 0 amide bonds. The summed E-state index contributed by atoms with van der Waals surface area (Å²) in [5.41, 5.74) is 0. The van der Waals surface area contributed by atoms with Crippen molar-refractivity contribution >= 4 is 12.3 Å². The third-order valence-corrected chi connectivity index (χ3v) is 4.70. The molecule has 2 unspecified atom stereocenters. The molecule has 0 saturated heterocycles. The van der Waals surface area contributed by atoms with Crippen LogP contribution in [0.2, 0.25) is 0 Å². The van der Waals surface area contributed by atoms with Gasteiger partial charge in [0.15, 0.2) is 0 Å². The first kappa shape index (κ1) is 30.6. The van der Waals surface area contributed by atoms with E-state index in [2.05, 4.69) is 37.5 Å². The molecule has 6 N–H and O–H groups in total. The molecule has 2 fully saturated rings. The van der Waals surface area contributed by atoms with E-state index in [-0.39, 0.29) is 0 Å². The van der Waals surface area contributed by atoms with Crippen molar-refractivity contribution in [3.05, 3.63) is 0 Å². The minimum absolute atomic E-state index is 0.531. The Morgan fingerprint density at radius 3 is 1.07 bits per heavy atom. The SMILES string of the molecule is CC(C)CC(COO)C1CC1.CC(C)CC(COO)C1CC1.O=C(O)O.O=C(O)O. The van der Waals surface area contributed by atoms with Gasteiger partial charge in [-0.05, 0) is 74.0 Å². The maximum Gasteiger partial charge on any atom is 0.503 e. The zero-order valence-corrected chi connectivity index (χ0v) is 18.4. The molecule has 2 saturated carbocycles. The summed E-state index contributed by atoms with van der Waals surface area (Å²) in [6.07, 6.45) is 4.04. The number of carbonyl (C=O) groups is 2. The van der Waals surface area contributed by atoms with E-state index < -0.39 is 12.3 Å². The van der Waals surface area contributed by atoms with Gasteiger partial charge in [0.05, 0.1) is 13.2 Å². The van der Waals surface area contributed by atoms with E-state index in [9.17, 15) is 0 Å². The number of hydrogen-bond acceptors (Lipinski definition) is 6. The first-order valence-electron chi connectivity index (χ1n) is 10.3. The molecule has 0 aromatic carbocycles. The summed E-state index contributed by atoms with van der Waals surface area (Å²) in [5.74, 6) is 4.31. The summed E-state index contributed by atoms with van der Waals surface area (Å²) in [4.78, 5) is 25.5. The van der Waals surface area contributed by atoms with Gasteiger partial charge < -0.3 is 20.4 Å². The van der Waals surface area contributed by atoms with Crippen LogP contribution in [0.3, 0.4) is 0 Å². The summed E-state index contributed by atoms with van der Waals surface area (Å²) < 4.78 is 0. The normalized spacial score (nSPS) is 16.8. The van der Waals surface area contributed by atoms with Crippen LogP contribution in [0.4, 0.5) is 9.59 Å². The largest absolute Gasteiger partial charge is 0.503 e. The average Bonchev–Trinajstić information content (AvgIpc) is 3.46. The van der Waals surface area contributed by atoms with Crippen molar-refractivity contribution in [2.75, 3.05) is 13.2 Å². The van der Waals surface area contributed by atoms with E-state index in [1.165, 1.54) is 38.5 Å². The van der Waals surface area contributed by atoms with E-state index in [1.54, 1.807) is 0 Å². The second kappa shape index (κ2) is 18.2. The fourth-order valence-corrected chi connectivity index (χ4v) is 3.33. The molecule has 0 spiro atoms. The molecule has 30 heavy (non-hydrogen) atoms. The van der Waals surface area contributed by atoms with Crippen LogP contribution in [0.5, 0.6) is 0 Å². The molecule has 10 heteroatoms.